The molecule has 2 atom stereocenters. The van der Waals surface area contributed by atoms with Gasteiger partial charge in [0.25, 0.3) is 0 Å². The minimum Gasteiger partial charge on any atom is -0.393 e. The third kappa shape index (κ3) is 1.93. The van der Waals surface area contributed by atoms with Crippen molar-refractivity contribution in [3.63, 3.8) is 0 Å². The molecular formula is C14H17NO. The summed E-state index contributed by atoms with van der Waals surface area (Å²) >= 11 is 0. The van der Waals surface area contributed by atoms with Gasteiger partial charge in [-0.2, -0.15) is 0 Å². The van der Waals surface area contributed by atoms with Crippen LogP contribution in [0.4, 0.5) is 0 Å². The van der Waals surface area contributed by atoms with Gasteiger partial charge in [-0.1, -0.05) is 25.1 Å². The zero-order chi connectivity index (χ0) is 11.5. The van der Waals surface area contributed by atoms with Gasteiger partial charge >= 0.3 is 0 Å². The van der Waals surface area contributed by atoms with E-state index in [0.717, 1.165) is 17.3 Å². The van der Waals surface area contributed by atoms with Crippen LogP contribution >= 0.6 is 0 Å². The second-order valence-electron chi connectivity index (χ2n) is 4.17. The molecule has 1 heterocycles. The lowest BCUT2D eigenvalue weighted by Crippen LogP contribution is -2.14. The van der Waals surface area contributed by atoms with E-state index in [-0.39, 0.29) is 12.0 Å². The van der Waals surface area contributed by atoms with Crippen molar-refractivity contribution in [3.8, 4) is 0 Å². The molecule has 2 nitrogen and oxygen atoms in total. The molecule has 0 bridgehead atoms. The maximum Gasteiger partial charge on any atom is 0.0704 e. The Balaban J connectivity index is 2.59. The summed E-state index contributed by atoms with van der Waals surface area (Å²) in [5, 5.41) is 11.0. The predicted octanol–water partition coefficient (Wildman–Crippen LogP) is 3.11. The second kappa shape index (κ2) is 4.62. The highest BCUT2D eigenvalue weighted by atomic mass is 16.3. The lowest BCUT2D eigenvalue weighted by atomic mass is 9.89. The third-order valence-electron chi connectivity index (χ3n) is 3.10. The van der Waals surface area contributed by atoms with Gasteiger partial charge in [0.1, 0.15) is 0 Å². The Hall–Kier alpha value is -1.41. The van der Waals surface area contributed by atoms with Gasteiger partial charge in [-0.05, 0) is 31.0 Å². The van der Waals surface area contributed by atoms with Crippen molar-refractivity contribution >= 4 is 10.9 Å². The molecule has 2 heteroatoms. The highest BCUT2D eigenvalue weighted by Gasteiger charge is 2.17. The Kier molecular flexibility index (Phi) is 3.20. The van der Waals surface area contributed by atoms with Crippen molar-refractivity contribution in [2.45, 2.75) is 32.3 Å². The van der Waals surface area contributed by atoms with Crippen molar-refractivity contribution in [1.29, 1.82) is 0 Å². The van der Waals surface area contributed by atoms with E-state index in [1.165, 1.54) is 5.56 Å². The molecule has 1 N–H and O–H groups in total. The maximum atomic E-state index is 9.80. The normalized spacial score (nSPS) is 14.9. The number of fused-ring (bicyclic) bond motifs is 1. The van der Waals surface area contributed by atoms with Crippen LogP contribution in [-0.2, 0) is 0 Å². The van der Waals surface area contributed by atoms with Crippen LogP contribution in [0.1, 0.15) is 31.7 Å². The first-order valence-corrected chi connectivity index (χ1v) is 5.75. The molecule has 0 aliphatic rings. The number of hydrogen-bond donors (Lipinski definition) is 1. The summed E-state index contributed by atoms with van der Waals surface area (Å²) in [6.07, 6.45) is 2.43. The molecule has 0 radical (unpaired) electrons. The average Bonchev–Trinajstić information content (AvgIpc) is 2.30. The van der Waals surface area contributed by atoms with Crippen LogP contribution < -0.4 is 0 Å². The Morgan fingerprint density at radius 3 is 2.69 bits per heavy atom. The molecule has 2 aromatic rings. The van der Waals surface area contributed by atoms with Crippen LogP contribution in [0.15, 0.2) is 36.5 Å². The summed E-state index contributed by atoms with van der Waals surface area (Å²) < 4.78 is 0. The lowest BCUT2D eigenvalue weighted by Gasteiger charge is -2.20. The monoisotopic (exact) mass is 215 g/mol. The number of para-hydroxylation sites is 1. The van der Waals surface area contributed by atoms with E-state index in [1.54, 1.807) is 0 Å². The summed E-state index contributed by atoms with van der Waals surface area (Å²) in [7, 11) is 0. The zero-order valence-electron chi connectivity index (χ0n) is 9.72. The molecular weight excluding hydrogens is 198 g/mol. The summed E-state index contributed by atoms with van der Waals surface area (Å²) in [4.78, 5) is 4.34. The van der Waals surface area contributed by atoms with Gasteiger partial charge in [-0.3, -0.25) is 4.98 Å². The van der Waals surface area contributed by atoms with Gasteiger partial charge in [-0.15, -0.1) is 0 Å². The fourth-order valence-corrected chi connectivity index (χ4v) is 2.26. The molecule has 0 spiro atoms. The Bertz CT molecular complexity index is 474. The first-order valence-electron chi connectivity index (χ1n) is 5.75. The SMILES string of the molecule is CCC(c1ccnc2ccccc12)C(C)O. The summed E-state index contributed by atoms with van der Waals surface area (Å²) in [5.74, 6) is 0.188. The molecule has 0 aliphatic heterocycles. The van der Waals surface area contributed by atoms with Gasteiger partial charge in [-0.25, -0.2) is 0 Å². The van der Waals surface area contributed by atoms with Crippen LogP contribution in [0.3, 0.4) is 0 Å². The molecule has 0 fully saturated rings. The smallest absolute Gasteiger partial charge is 0.0704 e. The van der Waals surface area contributed by atoms with E-state index >= 15 is 0 Å². The van der Waals surface area contributed by atoms with Crippen molar-refractivity contribution in [3.05, 3.63) is 42.1 Å². The van der Waals surface area contributed by atoms with Gasteiger partial charge in [0.15, 0.2) is 0 Å². The van der Waals surface area contributed by atoms with Gasteiger partial charge in [0.2, 0.25) is 0 Å². The summed E-state index contributed by atoms with van der Waals surface area (Å²) in [6.45, 7) is 3.95. The molecule has 16 heavy (non-hydrogen) atoms. The summed E-state index contributed by atoms with van der Waals surface area (Å²) in [5.41, 5.74) is 2.20. The first kappa shape index (κ1) is 11.1. The van der Waals surface area contributed by atoms with Crippen molar-refractivity contribution in [2.75, 3.05) is 0 Å². The van der Waals surface area contributed by atoms with Gasteiger partial charge in [0.05, 0.1) is 11.6 Å². The van der Waals surface area contributed by atoms with Crippen molar-refractivity contribution in [2.24, 2.45) is 0 Å². The average molecular weight is 215 g/mol. The topological polar surface area (TPSA) is 33.1 Å². The van der Waals surface area contributed by atoms with Crippen LogP contribution in [0, 0.1) is 0 Å². The second-order valence-corrected chi connectivity index (χ2v) is 4.17. The Morgan fingerprint density at radius 1 is 1.25 bits per heavy atom. The molecule has 2 unspecified atom stereocenters. The number of benzene rings is 1. The number of hydrogen-bond acceptors (Lipinski definition) is 2. The van der Waals surface area contributed by atoms with E-state index < -0.39 is 0 Å². The maximum absolute atomic E-state index is 9.80. The van der Waals surface area contributed by atoms with E-state index in [9.17, 15) is 5.11 Å². The molecule has 0 amide bonds. The van der Waals surface area contributed by atoms with Crippen LogP contribution in [0.25, 0.3) is 10.9 Å². The third-order valence-corrected chi connectivity index (χ3v) is 3.10. The predicted molar refractivity (Wildman–Crippen MR) is 66.5 cm³/mol. The number of aliphatic hydroxyl groups excluding tert-OH is 1. The van der Waals surface area contributed by atoms with Gasteiger partial charge in [0, 0.05) is 17.5 Å². The fourth-order valence-electron chi connectivity index (χ4n) is 2.26. The molecule has 0 aliphatic carbocycles. The van der Waals surface area contributed by atoms with E-state index in [4.69, 9.17) is 0 Å². The van der Waals surface area contributed by atoms with Crippen molar-refractivity contribution in [1.82, 2.24) is 4.98 Å². The van der Waals surface area contributed by atoms with Gasteiger partial charge < -0.3 is 5.11 Å². The van der Waals surface area contributed by atoms with E-state index in [2.05, 4.69) is 18.0 Å². The zero-order valence-corrected chi connectivity index (χ0v) is 9.72. The standard InChI is InChI=1S/C14H17NO/c1-3-11(10(2)16)12-8-9-15-14-7-5-4-6-13(12)14/h4-11,16H,3H2,1-2H3. The largest absolute Gasteiger partial charge is 0.393 e. The molecule has 84 valence electrons. The molecule has 1 aromatic carbocycles. The number of aromatic nitrogens is 1. The number of rotatable bonds is 3. The highest BCUT2D eigenvalue weighted by molar-refractivity contribution is 5.82. The minimum absolute atomic E-state index is 0.188. The molecule has 0 saturated heterocycles. The van der Waals surface area contributed by atoms with Crippen LogP contribution in [0.2, 0.25) is 0 Å². The number of aliphatic hydroxyl groups is 1. The summed E-state index contributed by atoms with van der Waals surface area (Å²) in [6, 6.07) is 10.1. The lowest BCUT2D eigenvalue weighted by molar-refractivity contribution is 0.160. The van der Waals surface area contributed by atoms with E-state index in [1.807, 2.05) is 37.4 Å². The molecule has 2 rings (SSSR count). The molecule has 1 aromatic heterocycles. The molecule has 0 saturated carbocycles. The number of pyridine rings is 1. The Morgan fingerprint density at radius 2 is 2.00 bits per heavy atom. The van der Waals surface area contributed by atoms with Crippen LogP contribution in [-0.4, -0.2) is 16.2 Å². The fraction of sp³-hybridized carbons (Fsp3) is 0.357. The Labute approximate surface area is 96.0 Å². The van der Waals surface area contributed by atoms with Crippen molar-refractivity contribution < 1.29 is 5.11 Å². The minimum atomic E-state index is -0.323. The van der Waals surface area contributed by atoms with Crippen LogP contribution in [0.5, 0.6) is 0 Å². The highest BCUT2D eigenvalue weighted by Crippen LogP contribution is 2.28. The van der Waals surface area contributed by atoms with E-state index in [0.29, 0.717) is 0 Å². The first-order chi connectivity index (χ1) is 7.74. The quantitative estimate of drug-likeness (QED) is 0.853. The number of nitrogens with zero attached hydrogens (tertiary/aromatic N) is 1.